The van der Waals surface area contributed by atoms with Gasteiger partial charge in [-0.05, 0) is 40.2 Å². The molecule has 0 unspecified atom stereocenters. The van der Waals surface area contributed by atoms with Crippen molar-refractivity contribution in [3.63, 3.8) is 0 Å². The molecule has 0 amide bonds. The highest BCUT2D eigenvalue weighted by Gasteiger charge is 2.38. The highest BCUT2D eigenvalue weighted by Crippen LogP contribution is 2.31. The molecule has 1 aliphatic rings. The molecule has 1 saturated heterocycles. The molecule has 0 aliphatic carbocycles. The minimum absolute atomic E-state index is 0.239. The SMILES string of the molecule is CCn1ncnc1CN1CCC[C@@](O)(c2cn(C(C)C)nn2)C1. The van der Waals surface area contributed by atoms with Gasteiger partial charge in [0.2, 0.25) is 0 Å². The second-order valence-corrected chi connectivity index (χ2v) is 6.52. The van der Waals surface area contributed by atoms with Gasteiger partial charge in [-0.1, -0.05) is 5.21 Å². The molecule has 3 heterocycles. The van der Waals surface area contributed by atoms with Crippen molar-refractivity contribution in [3.05, 3.63) is 24.0 Å². The fourth-order valence-corrected chi connectivity index (χ4v) is 3.08. The molecule has 0 spiro atoms. The Bertz CT molecular complexity index is 650. The highest BCUT2D eigenvalue weighted by atomic mass is 16.3. The predicted molar refractivity (Wildman–Crippen MR) is 84.5 cm³/mol. The van der Waals surface area contributed by atoms with Crippen molar-refractivity contribution in [2.45, 2.75) is 58.3 Å². The van der Waals surface area contributed by atoms with Gasteiger partial charge in [0.25, 0.3) is 0 Å². The molecule has 3 rings (SSSR count). The normalized spacial score (nSPS) is 22.8. The van der Waals surface area contributed by atoms with E-state index in [1.165, 1.54) is 0 Å². The number of β-amino-alcohol motifs (C(OH)–C–C–N with tert-alkyl or cyclic N) is 1. The van der Waals surface area contributed by atoms with Crippen LogP contribution in [0.3, 0.4) is 0 Å². The Morgan fingerprint density at radius 3 is 2.91 bits per heavy atom. The van der Waals surface area contributed by atoms with Gasteiger partial charge >= 0.3 is 0 Å². The molecule has 1 atom stereocenters. The summed E-state index contributed by atoms with van der Waals surface area (Å²) < 4.78 is 3.68. The Morgan fingerprint density at radius 2 is 2.22 bits per heavy atom. The predicted octanol–water partition coefficient (Wildman–Crippen LogP) is 0.954. The second kappa shape index (κ2) is 6.37. The van der Waals surface area contributed by atoms with Crippen molar-refractivity contribution in [1.29, 1.82) is 0 Å². The van der Waals surface area contributed by atoms with Crippen molar-refractivity contribution in [2.24, 2.45) is 0 Å². The number of piperidine rings is 1. The number of likely N-dealkylation sites (tertiary alicyclic amines) is 1. The molecule has 1 aliphatic heterocycles. The molecule has 1 N–H and O–H groups in total. The molecule has 0 bridgehead atoms. The monoisotopic (exact) mass is 319 g/mol. The summed E-state index contributed by atoms with van der Waals surface area (Å²) in [7, 11) is 0. The molecule has 8 heteroatoms. The van der Waals surface area contributed by atoms with E-state index in [-0.39, 0.29) is 6.04 Å². The van der Waals surface area contributed by atoms with Gasteiger partial charge in [-0.2, -0.15) is 5.10 Å². The molecule has 2 aromatic rings. The van der Waals surface area contributed by atoms with Crippen LogP contribution in [0.2, 0.25) is 0 Å². The van der Waals surface area contributed by atoms with Crippen molar-refractivity contribution in [2.75, 3.05) is 13.1 Å². The summed E-state index contributed by atoms with van der Waals surface area (Å²) in [6.07, 6.45) is 5.08. The Labute approximate surface area is 136 Å². The Hall–Kier alpha value is -1.80. The fourth-order valence-electron chi connectivity index (χ4n) is 3.08. The van der Waals surface area contributed by atoms with Gasteiger partial charge in [0, 0.05) is 19.1 Å². The fraction of sp³-hybridized carbons (Fsp3) is 0.733. The molecule has 126 valence electrons. The van der Waals surface area contributed by atoms with Crippen LogP contribution in [-0.4, -0.2) is 52.9 Å². The lowest BCUT2D eigenvalue weighted by molar-refractivity contribution is -0.0423. The highest BCUT2D eigenvalue weighted by molar-refractivity contribution is 5.10. The maximum absolute atomic E-state index is 11.1. The Morgan fingerprint density at radius 1 is 1.39 bits per heavy atom. The Kier molecular flexibility index (Phi) is 4.45. The zero-order valence-electron chi connectivity index (χ0n) is 14.1. The van der Waals surface area contributed by atoms with E-state index in [1.54, 1.807) is 11.0 Å². The van der Waals surface area contributed by atoms with Gasteiger partial charge in [-0.25, -0.2) is 14.3 Å². The van der Waals surface area contributed by atoms with E-state index in [4.69, 9.17) is 0 Å². The van der Waals surface area contributed by atoms with Crippen LogP contribution in [0, 0.1) is 0 Å². The van der Waals surface area contributed by atoms with Crippen molar-refractivity contribution >= 4 is 0 Å². The number of aromatic nitrogens is 6. The standard InChI is InChI=1S/C15H25N7O/c1-4-21-14(16-11-17-21)9-20-7-5-6-15(23,10-20)13-8-22(12(2)3)19-18-13/h8,11-12,23H,4-7,9-10H2,1-3H3/t15-/m0/s1. The first-order valence-electron chi connectivity index (χ1n) is 8.25. The van der Waals surface area contributed by atoms with E-state index >= 15 is 0 Å². The maximum atomic E-state index is 11.1. The lowest BCUT2D eigenvalue weighted by atomic mass is 9.90. The number of nitrogens with zero attached hydrogens (tertiary/aromatic N) is 7. The molecule has 2 aromatic heterocycles. The summed E-state index contributed by atoms with van der Waals surface area (Å²) in [6.45, 7) is 9.12. The number of rotatable bonds is 5. The van der Waals surface area contributed by atoms with Crippen LogP contribution in [0.25, 0.3) is 0 Å². The average molecular weight is 319 g/mol. The first-order valence-corrected chi connectivity index (χ1v) is 8.25. The molecular formula is C15H25N7O. The maximum Gasteiger partial charge on any atom is 0.140 e. The van der Waals surface area contributed by atoms with Crippen molar-refractivity contribution in [1.82, 2.24) is 34.7 Å². The van der Waals surface area contributed by atoms with Crippen LogP contribution < -0.4 is 0 Å². The van der Waals surface area contributed by atoms with E-state index in [1.807, 2.05) is 24.7 Å². The van der Waals surface area contributed by atoms with E-state index in [0.29, 0.717) is 25.2 Å². The van der Waals surface area contributed by atoms with Crippen LogP contribution in [0.4, 0.5) is 0 Å². The number of hydrogen-bond acceptors (Lipinski definition) is 6. The van der Waals surface area contributed by atoms with E-state index in [0.717, 1.165) is 25.3 Å². The summed E-state index contributed by atoms with van der Waals surface area (Å²) in [6, 6.07) is 0.239. The van der Waals surface area contributed by atoms with Crippen molar-refractivity contribution in [3.8, 4) is 0 Å². The molecule has 0 radical (unpaired) electrons. The Balaban J connectivity index is 1.74. The van der Waals surface area contributed by atoms with Crippen molar-refractivity contribution < 1.29 is 5.11 Å². The number of hydrogen-bond donors (Lipinski definition) is 1. The van der Waals surface area contributed by atoms with Crippen LogP contribution in [0.5, 0.6) is 0 Å². The largest absolute Gasteiger partial charge is 0.382 e. The van der Waals surface area contributed by atoms with Gasteiger partial charge in [0.05, 0.1) is 12.7 Å². The van der Waals surface area contributed by atoms with Gasteiger partial charge in [-0.15, -0.1) is 5.10 Å². The minimum Gasteiger partial charge on any atom is -0.382 e. The van der Waals surface area contributed by atoms with Crippen LogP contribution in [-0.2, 0) is 18.7 Å². The molecule has 1 fully saturated rings. The minimum atomic E-state index is -0.942. The number of aliphatic hydroxyl groups is 1. The first-order chi connectivity index (χ1) is 11.0. The zero-order chi connectivity index (χ0) is 16.4. The van der Waals surface area contributed by atoms with E-state index < -0.39 is 5.60 Å². The average Bonchev–Trinajstić information content (AvgIpc) is 3.16. The summed E-state index contributed by atoms with van der Waals surface area (Å²) >= 11 is 0. The van der Waals surface area contributed by atoms with Gasteiger partial charge in [-0.3, -0.25) is 4.90 Å². The third-order valence-electron chi connectivity index (χ3n) is 4.43. The summed E-state index contributed by atoms with van der Waals surface area (Å²) in [5.74, 6) is 0.933. The van der Waals surface area contributed by atoms with Gasteiger partial charge in [0.1, 0.15) is 23.4 Å². The third kappa shape index (κ3) is 3.28. The second-order valence-electron chi connectivity index (χ2n) is 6.52. The van der Waals surface area contributed by atoms with E-state index in [9.17, 15) is 5.11 Å². The van der Waals surface area contributed by atoms with Crippen LogP contribution in [0.15, 0.2) is 12.5 Å². The summed E-state index contributed by atoms with van der Waals surface area (Å²) in [4.78, 5) is 6.54. The van der Waals surface area contributed by atoms with E-state index in [2.05, 4.69) is 32.2 Å². The first kappa shape index (κ1) is 16.1. The molecule has 23 heavy (non-hydrogen) atoms. The quantitative estimate of drug-likeness (QED) is 0.883. The number of aryl methyl sites for hydroxylation is 1. The van der Waals surface area contributed by atoms with Gasteiger partial charge < -0.3 is 5.11 Å². The lowest BCUT2D eigenvalue weighted by Crippen LogP contribution is -2.46. The van der Waals surface area contributed by atoms with Crippen LogP contribution >= 0.6 is 0 Å². The molecule has 0 saturated carbocycles. The smallest absolute Gasteiger partial charge is 0.140 e. The van der Waals surface area contributed by atoms with Crippen LogP contribution in [0.1, 0.15) is 51.2 Å². The topological polar surface area (TPSA) is 84.9 Å². The molecular weight excluding hydrogens is 294 g/mol. The summed E-state index contributed by atoms with van der Waals surface area (Å²) in [5.41, 5.74) is -0.282. The van der Waals surface area contributed by atoms with Gasteiger partial charge in [0.15, 0.2) is 0 Å². The lowest BCUT2D eigenvalue weighted by Gasteiger charge is -2.37. The molecule has 0 aromatic carbocycles. The molecule has 8 nitrogen and oxygen atoms in total. The third-order valence-corrected chi connectivity index (χ3v) is 4.43. The summed E-state index contributed by atoms with van der Waals surface area (Å²) in [5, 5.41) is 23.6. The zero-order valence-corrected chi connectivity index (χ0v) is 14.1.